The molecule has 0 atom stereocenters. The molecule has 0 radical (unpaired) electrons. The average molecular weight is 317 g/mol. The number of non-ortho nitro benzene ring substituents is 1. The maximum Gasteiger partial charge on any atom is 0.412 e. The van der Waals surface area contributed by atoms with Crippen LogP contribution in [0.3, 0.4) is 0 Å². The molecule has 0 spiro atoms. The van der Waals surface area contributed by atoms with Gasteiger partial charge in [-0.3, -0.25) is 20.4 Å². The molecule has 23 heavy (non-hydrogen) atoms. The molecular weight excluding hydrogens is 298 g/mol. The Morgan fingerprint density at radius 2 is 2.04 bits per heavy atom. The van der Waals surface area contributed by atoms with Crippen molar-refractivity contribution < 1.29 is 14.5 Å². The van der Waals surface area contributed by atoms with Crippen LogP contribution in [0.1, 0.15) is 33.4 Å². The molecular formula is C16H19N3O4. The highest BCUT2D eigenvalue weighted by Gasteiger charge is 2.18. The van der Waals surface area contributed by atoms with E-state index in [9.17, 15) is 14.9 Å². The predicted molar refractivity (Wildman–Crippen MR) is 87.6 cm³/mol. The molecule has 0 fully saturated rings. The van der Waals surface area contributed by atoms with Crippen molar-refractivity contribution in [3.8, 4) is 0 Å². The summed E-state index contributed by atoms with van der Waals surface area (Å²) in [6.45, 7) is 7.23. The van der Waals surface area contributed by atoms with Crippen LogP contribution in [0.5, 0.6) is 0 Å². The Kier molecular flexibility index (Phi) is 4.49. The number of carbonyl (C=O) groups is 1. The number of nitrogens with one attached hydrogen (secondary N) is 1. The Morgan fingerprint density at radius 1 is 1.35 bits per heavy atom. The summed E-state index contributed by atoms with van der Waals surface area (Å²) in [4.78, 5) is 26.9. The maximum absolute atomic E-state index is 12.0. The Morgan fingerprint density at radius 3 is 2.61 bits per heavy atom. The summed E-state index contributed by atoms with van der Waals surface area (Å²) in [5, 5.41) is 14.1. The molecule has 1 aromatic carbocycles. The van der Waals surface area contributed by atoms with E-state index in [0.29, 0.717) is 23.0 Å². The van der Waals surface area contributed by atoms with Crippen molar-refractivity contribution in [3.05, 3.63) is 40.1 Å². The number of nitrogens with zero attached hydrogens (tertiary/aromatic N) is 2. The molecule has 0 bridgehead atoms. The minimum atomic E-state index is -0.632. The number of aromatic nitrogens is 1. The fourth-order valence-corrected chi connectivity index (χ4v) is 2.08. The lowest BCUT2D eigenvalue weighted by Crippen LogP contribution is -2.27. The molecule has 7 heteroatoms. The Balaban J connectivity index is 2.48. The highest BCUT2D eigenvalue weighted by atomic mass is 16.6. The number of ether oxygens (including phenoxy) is 1. The number of nitro groups is 1. The number of amides is 1. The zero-order valence-corrected chi connectivity index (χ0v) is 13.5. The quantitative estimate of drug-likeness (QED) is 0.680. The van der Waals surface area contributed by atoms with Gasteiger partial charge in [0.05, 0.1) is 16.1 Å². The molecule has 0 saturated carbocycles. The van der Waals surface area contributed by atoms with Crippen molar-refractivity contribution >= 4 is 28.4 Å². The third kappa shape index (κ3) is 4.15. The predicted octanol–water partition coefficient (Wildman–Crippen LogP) is 4.05. The van der Waals surface area contributed by atoms with Gasteiger partial charge in [0.1, 0.15) is 5.60 Å². The Hall–Kier alpha value is -2.70. The van der Waals surface area contributed by atoms with E-state index in [2.05, 4.69) is 10.3 Å². The van der Waals surface area contributed by atoms with Crippen molar-refractivity contribution in [3.63, 3.8) is 0 Å². The number of rotatable bonds is 3. The number of benzene rings is 1. The third-order valence-electron chi connectivity index (χ3n) is 3.05. The lowest BCUT2D eigenvalue weighted by atomic mass is 10.1. The normalized spacial score (nSPS) is 11.3. The Bertz CT molecular complexity index is 766. The van der Waals surface area contributed by atoms with Gasteiger partial charge in [-0.15, -0.1) is 0 Å². The first-order valence-corrected chi connectivity index (χ1v) is 7.27. The molecule has 0 saturated heterocycles. The first-order valence-electron chi connectivity index (χ1n) is 7.27. The van der Waals surface area contributed by atoms with Crippen molar-refractivity contribution in [1.29, 1.82) is 0 Å². The lowest BCUT2D eigenvalue weighted by Gasteiger charge is -2.20. The number of hydrogen-bond donors (Lipinski definition) is 1. The van der Waals surface area contributed by atoms with Gasteiger partial charge in [0.15, 0.2) is 0 Å². The summed E-state index contributed by atoms with van der Waals surface area (Å²) in [5.41, 5.74) is 1.12. The van der Waals surface area contributed by atoms with Crippen LogP contribution in [-0.4, -0.2) is 21.6 Å². The fraction of sp³-hybridized carbons (Fsp3) is 0.375. The van der Waals surface area contributed by atoms with E-state index in [1.54, 1.807) is 32.9 Å². The molecule has 1 heterocycles. The van der Waals surface area contributed by atoms with E-state index in [0.717, 1.165) is 5.69 Å². The van der Waals surface area contributed by atoms with Crippen molar-refractivity contribution in [2.75, 3.05) is 5.32 Å². The zero-order valence-electron chi connectivity index (χ0n) is 13.5. The minimum absolute atomic E-state index is 0.0595. The van der Waals surface area contributed by atoms with Crippen LogP contribution in [0.4, 0.5) is 16.2 Å². The van der Waals surface area contributed by atoms with Gasteiger partial charge >= 0.3 is 6.09 Å². The molecule has 1 N–H and O–H groups in total. The summed E-state index contributed by atoms with van der Waals surface area (Å²) in [6.07, 6.45) is 0.0641. The van der Waals surface area contributed by atoms with Crippen LogP contribution in [0.25, 0.3) is 10.9 Å². The van der Waals surface area contributed by atoms with Gasteiger partial charge in [-0.05, 0) is 39.3 Å². The second-order valence-electron chi connectivity index (χ2n) is 6.10. The van der Waals surface area contributed by atoms with Gasteiger partial charge in [-0.2, -0.15) is 0 Å². The number of anilines is 1. The molecule has 1 amide bonds. The van der Waals surface area contributed by atoms with Crippen molar-refractivity contribution in [2.24, 2.45) is 0 Å². The van der Waals surface area contributed by atoms with Crippen molar-refractivity contribution in [2.45, 2.75) is 39.7 Å². The van der Waals surface area contributed by atoms with E-state index >= 15 is 0 Å². The number of aryl methyl sites for hydroxylation is 1. The smallest absolute Gasteiger partial charge is 0.412 e. The molecule has 1 aromatic heterocycles. The van der Waals surface area contributed by atoms with Crippen molar-refractivity contribution in [1.82, 2.24) is 4.98 Å². The average Bonchev–Trinajstić information content (AvgIpc) is 2.44. The molecule has 122 valence electrons. The Labute approximate surface area is 133 Å². The van der Waals surface area contributed by atoms with Gasteiger partial charge in [-0.1, -0.05) is 6.92 Å². The molecule has 0 unspecified atom stereocenters. The van der Waals surface area contributed by atoms with E-state index in [1.807, 2.05) is 6.92 Å². The van der Waals surface area contributed by atoms with Gasteiger partial charge in [0.2, 0.25) is 0 Å². The number of nitro benzene ring substituents is 1. The second-order valence-corrected chi connectivity index (χ2v) is 6.10. The second kappa shape index (κ2) is 6.20. The van der Waals surface area contributed by atoms with E-state index in [4.69, 9.17) is 4.74 Å². The lowest BCUT2D eigenvalue weighted by molar-refractivity contribution is -0.384. The molecule has 7 nitrogen and oxygen atoms in total. The van der Waals surface area contributed by atoms with Gasteiger partial charge in [-0.25, -0.2) is 4.79 Å². The standard InChI is InChI=1S/C16H19N3O4/c1-5-10-8-14(18-15(20)23-16(2,3)4)12-9-11(19(21)22)6-7-13(12)17-10/h6-9H,5H2,1-4H3,(H,17,18,20). The summed E-state index contributed by atoms with van der Waals surface area (Å²) in [6, 6.07) is 6.07. The summed E-state index contributed by atoms with van der Waals surface area (Å²) in [5.74, 6) is 0. The summed E-state index contributed by atoms with van der Waals surface area (Å²) >= 11 is 0. The SMILES string of the molecule is CCc1cc(NC(=O)OC(C)(C)C)c2cc([N+](=O)[O-])ccc2n1. The number of carbonyl (C=O) groups excluding carboxylic acids is 1. The van der Waals surface area contributed by atoms with E-state index in [-0.39, 0.29) is 5.69 Å². The first-order chi connectivity index (χ1) is 10.7. The molecule has 2 aromatic rings. The maximum atomic E-state index is 12.0. The van der Waals surface area contributed by atoms with Crippen LogP contribution >= 0.6 is 0 Å². The van der Waals surface area contributed by atoms with Gasteiger partial charge in [0, 0.05) is 23.2 Å². The third-order valence-corrected chi connectivity index (χ3v) is 3.05. The highest BCUT2D eigenvalue weighted by Crippen LogP contribution is 2.28. The van der Waals surface area contributed by atoms with Crippen LogP contribution in [0.15, 0.2) is 24.3 Å². The monoisotopic (exact) mass is 317 g/mol. The topological polar surface area (TPSA) is 94.4 Å². The summed E-state index contributed by atoms with van der Waals surface area (Å²) in [7, 11) is 0. The number of fused-ring (bicyclic) bond motifs is 1. The van der Waals surface area contributed by atoms with E-state index in [1.165, 1.54) is 12.1 Å². The molecule has 0 aliphatic rings. The molecule has 0 aliphatic carbocycles. The minimum Gasteiger partial charge on any atom is -0.444 e. The van der Waals surface area contributed by atoms with Crippen LogP contribution in [-0.2, 0) is 11.2 Å². The van der Waals surface area contributed by atoms with E-state index < -0.39 is 16.6 Å². The highest BCUT2D eigenvalue weighted by molar-refractivity contribution is 5.99. The molecule has 0 aliphatic heterocycles. The van der Waals surface area contributed by atoms with Crippen LogP contribution in [0.2, 0.25) is 0 Å². The fourth-order valence-electron chi connectivity index (χ4n) is 2.08. The number of pyridine rings is 1. The van der Waals surface area contributed by atoms with Crippen LogP contribution < -0.4 is 5.32 Å². The summed E-state index contributed by atoms with van der Waals surface area (Å²) < 4.78 is 5.24. The van der Waals surface area contributed by atoms with Gasteiger partial charge < -0.3 is 4.74 Å². The number of hydrogen-bond acceptors (Lipinski definition) is 5. The van der Waals surface area contributed by atoms with Gasteiger partial charge in [0.25, 0.3) is 5.69 Å². The zero-order chi connectivity index (χ0) is 17.2. The molecule has 2 rings (SSSR count). The van der Waals surface area contributed by atoms with Crippen LogP contribution in [0, 0.1) is 10.1 Å². The largest absolute Gasteiger partial charge is 0.444 e. The first kappa shape index (κ1) is 16.7.